The van der Waals surface area contributed by atoms with Crippen LogP contribution in [0.25, 0.3) is 0 Å². The maximum Gasteiger partial charge on any atom is 0.123 e. The van der Waals surface area contributed by atoms with E-state index in [0.29, 0.717) is 0 Å². The third-order valence-corrected chi connectivity index (χ3v) is 3.84. The standard InChI is InChI=1S/C15H21NO2/c1-15(2)9-11-8-10(5-6-12(11)18-15)14(16)13-4-3-7-17-13/h5-6,8,13-14H,3-4,7,9,16H2,1-2H3. The zero-order chi connectivity index (χ0) is 12.8. The monoisotopic (exact) mass is 247 g/mol. The van der Waals surface area contributed by atoms with Crippen LogP contribution in [0.3, 0.4) is 0 Å². The Labute approximate surface area is 108 Å². The molecule has 1 saturated heterocycles. The Kier molecular flexibility index (Phi) is 2.83. The molecule has 2 aliphatic rings. The Morgan fingerprint density at radius 2 is 2.22 bits per heavy atom. The molecule has 1 aromatic carbocycles. The summed E-state index contributed by atoms with van der Waals surface area (Å²) in [7, 11) is 0. The summed E-state index contributed by atoms with van der Waals surface area (Å²) in [5, 5.41) is 0. The molecule has 3 heteroatoms. The first-order valence-corrected chi connectivity index (χ1v) is 6.74. The number of hydrogen-bond acceptors (Lipinski definition) is 3. The molecule has 1 aromatic rings. The molecule has 0 bridgehead atoms. The van der Waals surface area contributed by atoms with Gasteiger partial charge in [-0.25, -0.2) is 0 Å². The van der Waals surface area contributed by atoms with Crippen molar-refractivity contribution in [1.82, 2.24) is 0 Å². The van der Waals surface area contributed by atoms with Gasteiger partial charge in [-0.3, -0.25) is 0 Å². The fourth-order valence-corrected chi connectivity index (χ4v) is 2.94. The minimum Gasteiger partial charge on any atom is -0.487 e. The zero-order valence-corrected chi connectivity index (χ0v) is 11.1. The fraction of sp³-hybridized carbons (Fsp3) is 0.600. The van der Waals surface area contributed by atoms with E-state index in [2.05, 4.69) is 26.0 Å². The van der Waals surface area contributed by atoms with Crippen LogP contribution in [0.2, 0.25) is 0 Å². The normalized spacial score (nSPS) is 26.7. The molecule has 0 spiro atoms. The van der Waals surface area contributed by atoms with E-state index in [1.165, 1.54) is 11.1 Å². The molecule has 2 heterocycles. The van der Waals surface area contributed by atoms with Crippen molar-refractivity contribution in [2.24, 2.45) is 5.73 Å². The van der Waals surface area contributed by atoms with Gasteiger partial charge in [0.15, 0.2) is 0 Å². The summed E-state index contributed by atoms with van der Waals surface area (Å²) in [6.07, 6.45) is 3.33. The van der Waals surface area contributed by atoms with Gasteiger partial charge in [0.2, 0.25) is 0 Å². The number of fused-ring (bicyclic) bond motifs is 1. The largest absolute Gasteiger partial charge is 0.487 e. The van der Waals surface area contributed by atoms with Crippen molar-refractivity contribution in [2.75, 3.05) is 6.61 Å². The van der Waals surface area contributed by atoms with Crippen molar-refractivity contribution >= 4 is 0 Å². The van der Waals surface area contributed by atoms with Gasteiger partial charge in [-0.15, -0.1) is 0 Å². The lowest BCUT2D eigenvalue weighted by molar-refractivity contribution is 0.0900. The molecule has 2 unspecified atom stereocenters. The Balaban J connectivity index is 1.83. The number of nitrogens with two attached hydrogens (primary N) is 1. The summed E-state index contributed by atoms with van der Waals surface area (Å²) in [5.41, 5.74) is 8.65. The number of ether oxygens (including phenoxy) is 2. The highest BCUT2D eigenvalue weighted by Gasteiger charge is 2.31. The molecule has 2 aliphatic heterocycles. The molecule has 3 nitrogen and oxygen atoms in total. The van der Waals surface area contributed by atoms with Crippen LogP contribution in [-0.2, 0) is 11.2 Å². The molecule has 0 aromatic heterocycles. The maximum absolute atomic E-state index is 6.30. The van der Waals surface area contributed by atoms with E-state index in [1.54, 1.807) is 0 Å². The molecular formula is C15H21NO2. The summed E-state index contributed by atoms with van der Waals surface area (Å²) >= 11 is 0. The summed E-state index contributed by atoms with van der Waals surface area (Å²) < 4.78 is 11.6. The Bertz CT molecular complexity index is 450. The van der Waals surface area contributed by atoms with Crippen molar-refractivity contribution in [2.45, 2.75) is 50.9 Å². The molecule has 0 aliphatic carbocycles. The van der Waals surface area contributed by atoms with Crippen LogP contribution in [0, 0.1) is 0 Å². The minimum absolute atomic E-state index is 0.0125. The van der Waals surface area contributed by atoms with Gasteiger partial charge in [0.25, 0.3) is 0 Å². The van der Waals surface area contributed by atoms with E-state index in [-0.39, 0.29) is 17.7 Å². The maximum atomic E-state index is 6.30. The van der Waals surface area contributed by atoms with Crippen molar-refractivity contribution in [3.05, 3.63) is 29.3 Å². The lowest BCUT2D eigenvalue weighted by Gasteiger charge is -2.19. The first kappa shape index (κ1) is 12.0. The summed E-state index contributed by atoms with van der Waals surface area (Å²) in [6, 6.07) is 6.30. The SMILES string of the molecule is CC1(C)Cc2cc(C(N)C3CCCO3)ccc2O1. The lowest BCUT2D eigenvalue weighted by Crippen LogP contribution is -2.25. The van der Waals surface area contributed by atoms with Gasteiger partial charge < -0.3 is 15.2 Å². The van der Waals surface area contributed by atoms with Gasteiger partial charge in [0, 0.05) is 13.0 Å². The predicted octanol–water partition coefficient (Wildman–Crippen LogP) is 2.58. The third-order valence-electron chi connectivity index (χ3n) is 3.84. The van der Waals surface area contributed by atoms with Crippen LogP contribution in [-0.4, -0.2) is 18.3 Å². The van der Waals surface area contributed by atoms with E-state index in [1.807, 2.05) is 6.07 Å². The van der Waals surface area contributed by atoms with Crippen LogP contribution in [0.15, 0.2) is 18.2 Å². The van der Waals surface area contributed by atoms with Crippen LogP contribution in [0.4, 0.5) is 0 Å². The second-order valence-electron chi connectivity index (χ2n) is 5.98. The van der Waals surface area contributed by atoms with Crippen molar-refractivity contribution in [3.63, 3.8) is 0 Å². The van der Waals surface area contributed by atoms with E-state index < -0.39 is 0 Å². The van der Waals surface area contributed by atoms with Crippen molar-refractivity contribution in [1.29, 1.82) is 0 Å². The van der Waals surface area contributed by atoms with Gasteiger partial charge in [-0.05, 0) is 43.9 Å². The average Bonchev–Trinajstić information content (AvgIpc) is 2.91. The highest BCUT2D eigenvalue weighted by Crippen LogP contribution is 2.37. The molecule has 3 rings (SSSR count). The third kappa shape index (κ3) is 2.13. The molecule has 2 N–H and O–H groups in total. The second kappa shape index (κ2) is 4.25. The van der Waals surface area contributed by atoms with E-state index in [4.69, 9.17) is 15.2 Å². The minimum atomic E-state index is -0.0884. The first-order chi connectivity index (χ1) is 8.55. The summed E-state index contributed by atoms with van der Waals surface area (Å²) in [6.45, 7) is 5.08. The second-order valence-corrected chi connectivity index (χ2v) is 5.98. The molecule has 2 atom stereocenters. The average molecular weight is 247 g/mol. The molecule has 1 fully saturated rings. The van der Waals surface area contributed by atoms with Crippen LogP contribution < -0.4 is 10.5 Å². The van der Waals surface area contributed by atoms with Crippen molar-refractivity contribution < 1.29 is 9.47 Å². The van der Waals surface area contributed by atoms with Gasteiger partial charge in [0.1, 0.15) is 11.4 Å². The van der Waals surface area contributed by atoms with Gasteiger partial charge >= 0.3 is 0 Å². The highest BCUT2D eigenvalue weighted by atomic mass is 16.5. The van der Waals surface area contributed by atoms with E-state index in [9.17, 15) is 0 Å². The van der Waals surface area contributed by atoms with E-state index in [0.717, 1.165) is 31.6 Å². The fourth-order valence-electron chi connectivity index (χ4n) is 2.94. The van der Waals surface area contributed by atoms with Gasteiger partial charge in [-0.2, -0.15) is 0 Å². The van der Waals surface area contributed by atoms with Crippen molar-refractivity contribution in [3.8, 4) is 5.75 Å². The van der Waals surface area contributed by atoms with Gasteiger partial charge in [0.05, 0.1) is 12.1 Å². The smallest absolute Gasteiger partial charge is 0.123 e. The van der Waals surface area contributed by atoms with E-state index >= 15 is 0 Å². The number of rotatable bonds is 2. The molecular weight excluding hydrogens is 226 g/mol. The predicted molar refractivity (Wildman–Crippen MR) is 70.8 cm³/mol. The number of hydrogen-bond donors (Lipinski definition) is 1. The Morgan fingerprint density at radius 3 is 2.94 bits per heavy atom. The topological polar surface area (TPSA) is 44.5 Å². The quantitative estimate of drug-likeness (QED) is 0.873. The molecule has 98 valence electrons. The first-order valence-electron chi connectivity index (χ1n) is 6.74. The number of benzene rings is 1. The summed E-state index contributed by atoms with van der Waals surface area (Å²) in [4.78, 5) is 0. The Hall–Kier alpha value is -1.06. The van der Waals surface area contributed by atoms with Crippen LogP contribution in [0.1, 0.15) is 43.9 Å². The van der Waals surface area contributed by atoms with Crippen LogP contribution in [0.5, 0.6) is 5.75 Å². The zero-order valence-electron chi connectivity index (χ0n) is 11.1. The molecule has 0 amide bonds. The summed E-state index contributed by atoms with van der Waals surface area (Å²) in [5.74, 6) is 1.00. The molecule has 0 saturated carbocycles. The molecule has 0 radical (unpaired) electrons. The molecule has 18 heavy (non-hydrogen) atoms. The lowest BCUT2D eigenvalue weighted by atomic mass is 9.95. The van der Waals surface area contributed by atoms with Crippen LogP contribution >= 0.6 is 0 Å². The van der Waals surface area contributed by atoms with Gasteiger partial charge in [-0.1, -0.05) is 12.1 Å². The Morgan fingerprint density at radius 1 is 1.39 bits per heavy atom. The highest BCUT2D eigenvalue weighted by molar-refractivity contribution is 5.42.